The molecule has 1 amide bonds. The van der Waals surface area contributed by atoms with Gasteiger partial charge in [-0.25, -0.2) is 8.42 Å². The molecule has 4 unspecified atom stereocenters. The standard InChI is InChI=1S/C26H27Cl2NO5S/c1-2-35(32,33)15-22(16-6-7-16)29-24(17-8-10-19(27)11-9-17)21(18-4-3-5-20(28)12-18)13-26(25(29)31)14-23(30)34-26/h3-5,8-12,16,21-22,24H,2,6-7,13-15H2,1H3. The van der Waals surface area contributed by atoms with E-state index in [9.17, 15) is 18.0 Å². The Labute approximate surface area is 215 Å². The van der Waals surface area contributed by atoms with Crippen LogP contribution < -0.4 is 0 Å². The van der Waals surface area contributed by atoms with E-state index >= 15 is 0 Å². The topological polar surface area (TPSA) is 80.8 Å². The van der Waals surface area contributed by atoms with Gasteiger partial charge in [0.2, 0.25) is 5.60 Å². The van der Waals surface area contributed by atoms with Gasteiger partial charge < -0.3 is 9.64 Å². The Hall–Kier alpha value is -2.09. The summed E-state index contributed by atoms with van der Waals surface area (Å²) in [5.74, 6) is -1.01. The first-order valence-corrected chi connectivity index (χ1v) is 14.5. The van der Waals surface area contributed by atoms with Crippen molar-refractivity contribution in [1.29, 1.82) is 0 Å². The molecule has 2 aliphatic heterocycles. The van der Waals surface area contributed by atoms with E-state index in [4.69, 9.17) is 27.9 Å². The van der Waals surface area contributed by atoms with Gasteiger partial charge in [-0.2, -0.15) is 0 Å². The maximum absolute atomic E-state index is 14.1. The number of sulfone groups is 1. The molecule has 0 radical (unpaired) electrons. The lowest BCUT2D eigenvalue weighted by molar-refractivity contribution is -0.212. The number of amides is 1. The largest absolute Gasteiger partial charge is 0.448 e. The van der Waals surface area contributed by atoms with Crippen molar-refractivity contribution < 1.29 is 22.7 Å². The summed E-state index contributed by atoms with van der Waals surface area (Å²) in [6, 6.07) is 13.8. The zero-order chi connectivity index (χ0) is 25.0. The van der Waals surface area contributed by atoms with Gasteiger partial charge in [-0.3, -0.25) is 9.59 Å². The molecule has 9 heteroatoms. The van der Waals surface area contributed by atoms with Crippen molar-refractivity contribution in [3.8, 4) is 0 Å². The van der Waals surface area contributed by atoms with E-state index in [0.29, 0.717) is 16.5 Å². The molecule has 2 aromatic carbocycles. The highest BCUT2D eigenvalue weighted by molar-refractivity contribution is 7.91. The second-order valence-electron chi connectivity index (χ2n) is 9.82. The second-order valence-corrected chi connectivity index (χ2v) is 13.1. The summed E-state index contributed by atoms with van der Waals surface area (Å²) in [7, 11) is -3.38. The fourth-order valence-corrected chi connectivity index (χ4v) is 7.05. The molecule has 0 N–H and O–H groups in total. The molecule has 0 bridgehead atoms. The number of hydrogen-bond acceptors (Lipinski definition) is 5. The summed E-state index contributed by atoms with van der Waals surface area (Å²) in [4.78, 5) is 27.8. The molecule has 1 saturated carbocycles. The van der Waals surface area contributed by atoms with Gasteiger partial charge in [-0.05, 0) is 54.2 Å². The Balaban J connectivity index is 1.68. The maximum atomic E-state index is 14.1. The molecule has 186 valence electrons. The van der Waals surface area contributed by atoms with Gasteiger partial charge in [0.05, 0.1) is 18.2 Å². The Morgan fingerprint density at radius 2 is 1.74 bits per heavy atom. The quantitative estimate of drug-likeness (QED) is 0.468. The van der Waals surface area contributed by atoms with E-state index in [-0.39, 0.29) is 35.7 Å². The van der Waals surface area contributed by atoms with Gasteiger partial charge in [0.15, 0.2) is 9.84 Å². The molecule has 35 heavy (non-hydrogen) atoms. The van der Waals surface area contributed by atoms with Crippen molar-refractivity contribution in [2.45, 2.75) is 56.2 Å². The van der Waals surface area contributed by atoms with Crippen LogP contribution in [0.15, 0.2) is 48.5 Å². The first-order chi connectivity index (χ1) is 16.6. The van der Waals surface area contributed by atoms with Crippen LogP contribution in [-0.2, 0) is 24.2 Å². The minimum absolute atomic E-state index is 0.00170. The number of ether oxygens (including phenoxy) is 1. The van der Waals surface area contributed by atoms with Crippen LogP contribution in [0.25, 0.3) is 0 Å². The zero-order valence-corrected chi connectivity index (χ0v) is 21.7. The molecular formula is C26H27Cl2NO5S. The van der Waals surface area contributed by atoms with Gasteiger partial charge in [-0.1, -0.05) is 54.4 Å². The van der Waals surface area contributed by atoms with Crippen molar-refractivity contribution in [3.05, 3.63) is 69.7 Å². The average molecular weight is 536 g/mol. The van der Waals surface area contributed by atoms with Gasteiger partial charge in [0, 0.05) is 34.2 Å². The highest BCUT2D eigenvalue weighted by Gasteiger charge is 2.63. The Morgan fingerprint density at radius 3 is 2.31 bits per heavy atom. The lowest BCUT2D eigenvalue weighted by atomic mass is 9.70. The number of piperidine rings is 1. The number of benzene rings is 2. The number of rotatable bonds is 7. The number of hydrogen-bond donors (Lipinski definition) is 0. The summed E-state index contributed by atoms with van der Waals surface area (Å²) in [6.07, 6.45) is 2.01. The summed E-state index contributed by atoms with van der Waals surface area (Å²) < 4.78 is 31.2. The molecular weight excluding hydrogens is 509 g/mol. The fourth-order valence-electron chi connectivity index (χ4n) is 5.54. The van der Waals surface area contributed by atoms with Crippen LogP contribution >= 0.6 is 23.2 Å². The molecule has 1 aliphatic carbocycles. The lowest BCUT2D eigenvalue weighted by Gasteiger charge is -2.54. The van der Waals surface area contributed by atoms with Crippen LogP contribution in [0.5, 0.6) is 0 Å². The van der Waals surface area contributed by atoms with Crippen molar-refractivity contribution in [2.75, 3.05) is 11.5 Å². The molecule has 1 spiro atoms. The number of likely N-dealkylation sites (tertiary alicyclic amines) is 1. The predicted octanol–water partition coefficient (Wildman–Crippen LogP) is 4.95. The minimum atomic E-state index is -3.38. The third kappa shape index (κ3) is 4.70. The first-order valence-electron chi connectivity index (χ1n) is 11.9. The van der Waals surface area contributed by atoms with E-state index < -0.39 is 33.5 Å². The number of halogens is 2. The molecule has 6 nitrogen and oxygen atoms in total. The Morgan fingerprint density at radius 1 is 1.06 bits per heavy atom. The third-order valence-electron chi connectivity index (χ3n) is 7.47. The SMILES string of the molecule is CCS(=O)(=O)CC(C1CC1)N1C(=O)C2(CC(=O)O2)CC(c2cccc(Cl)c2)C1c1ccc(Cl)cc1. The monoisotopic (exact) mass is 535 g/mol. The second kappa shape index (κ2) is 9.09. The number of esters is 1. The van der Waals surface area contributed by atoms with Crippen molar-refractivity contribution in [1.82, 2.24) is 4.90 Å². The molecule has 2 heterocycles. The zero-order valence-electron chi connectivity index (χ0n) is 19.3. The van der Waals surface area contributed by atoms with Crippen molar-refractivity contribution in [2.24, 2.45) is 5.92 Å². The van der Waals surface area contributed by atoms with Crippen LogP contribution in [0.1, 0.15) is 55.7 Å². The molecule has 3 aliphatic rings. The van der Waals surface area contributed by atoms with E-state index in [1.807, 2.05) is 30.3 Å². The van der Waals surface area contributed by atoms with E-state index in [1.165, 1.54) is 0 Å². The van der Waals surface area contributed by atoms with Crippen molar-refractivity contribution in [3.63, 3.8) is 0 Å². The summed E-state index contributed by atoms with van der Waals surface area (Å²) in [5, 5.41) is 1.13. The number of carbonyl (C=O) groups is 2. The van der Waals surface area contributed by atoms with Gasteiger partial charge in [0.1, 0.15) is 0 Å². The van der Waals surface area contributed by atoms with E-state index in [2.05, 4.69) is 0 Å². The molecule has 5 rings (SSSR count). The lowest BCUT2D eigenvalue weighted by Crippen LogP contribution is -2.67. The molecule has 3 fully saturated rings. The smallest absolute Gasteiger partial charge is 0.311 e. The highest BCUT2D eigenvalue weighted by atomic mass is 35.5. The first kappa shape index (κ1) is 24.6. The molecule has 0 aromatic heterocycles. The van der Waals surface area contributed by atoms with E-state index in [1.54, 1.807) is 30.0 Å². The Bertz CT molecular complexity index is 1250. The van der Waals surface area contributed by atoms with Crippen LogP contribution in [0, 0.1) is 5.92 Å². The van der Waals surface area contributed by atoms with Crippen LogP contribution in [0.4, 0.5) is 0 Å². The summed E-state index contributed by atoms with van der Waals surface area (Å²) in [5.41, 5.74) is 0.480. The molecule has 2 saturated heterocycles. The van der Waals surface area contributed by atoms with E-state index in [0.717, 1.165) is 24.0 Å². The predicted molar refractivity (Wildman–Crippen MR) is 134 cm³/mol. The highest BCUT2D eigenvalue weighted by Crippen LogP contribution is 2.54. The summed E-state index contributed by atoms with van der Waals surface area (Å²) in [6.45, 7) is 1.62. The fraction of sp³-hybridized carbons (Fsp3) is 0.462. The Kier molecular flexibility index (Phi) is 6.39. The number of carbonyl (C=O) groups excluding carboxylic acids is 2. The van der Waals surface area contributed by atoms with Crippen molar-refractivity contribution >= 4 is 44.9 Å². The molecule has 2 aromatic rings. The van der Waals surface area contributed by atoms with Gasteiger partial charge >= 0.3 is 5.97 Å². The third-order valence-corrected chi connectivity index (χ3v) is 9.69. The summed E-state index contributed by atoms with van der Waals surface area (Å²) >= 11 is 12.5. The number of nitrogens with zero attached hydrogens (tertiary/aromatic N) is 1. The van der Waals surface area contributed by atoms with Crippen LogP contribution in [0.3, 0.4) is 0 Å². The maximum Gasteiger partial charge on any atom is 0.311 e. The normalized spacial score (nSPS) is 27.5. The minimum Gasteiger partial charge on any atom is -0.448 e. The molecule has 4 atom stereocenters. The van der Waals surface area contributed by atoms with Crippen LogP contribution in [-0.4, -0.2) is 48.3 Å². The van der Waals surface area contributed by atoms with Crippen LogP contribution in [0.2, 0.25) is 10.0 Å². The average Bonchev–Trinajstić information content (AvgIpc) is 3.64. The van der Waals surface area contributed by atoms with Gasteiger partial charge in [0.25, 0.3) is 5.91 Å². The van der Waals surface area contributed by atoms with Gasteiger partial charge in [-0.15, -0.1) is 0 Å².